The van der Waals surface area contributed by atoms with Gasteiger partial charge in [0.25, 0.3) is 5.91 Å². The third-order valence-electron chi connectivity index (χ3n) is 5.57. The lowest BCUT2D eigenvalue weighted by Crippen LogP contribution is -2.37. The van der Waals surface area contributed by atoms with Crippen molar-refractivity contribution in [1.82, 2.24) is 0 Å². The zero-order valence-electron chi connectivity index (χ0n) is 18.5. The molecule has 2 heterocycles. The van der Waals surface area contributed by atoms with Crippen LogP contribution in [-0.4, -0.2) is 56.5 Å². The molecule has 2 saturated heterocycles. The van der Waals surface area contributed by atoms with Crippen molar-refractivity contribution < 1.29 is 22.7 Å². The number of ether oxygens (including phenoxy) is 2. The van der Waals surface area contributed by atoms with E-state index in [1.54, 1.807) is 26.4 Å². The number of aliphatic imine (C=N–C) groups is 1. The number of carbonyl (C=O) groups excluding carboxylic acids is 1. The van der Waals surface area contributed by atoms with Crippen LogP contribution < -0.4 is 14.4 Å². The predicted molar refractivity (Wildman–Crippen MR) is 128 cm³/mol. The van der Waals surface area contributed by atoms with Gasteiger partial charge in [-0.05, 0) is 54.8 Å². The van der Waals surface area contributed by atoms with Crippen LogP contribution in [0.3, 0.4) is 0 Å². The van der Waals surface area contributed by atoms with Gasteiger partial charge in [-0.25, -0.2) is 8.42 Å². The van der Waals surface area contributed by atoms with Crippen LogP contribution in [0.2, 0.25) is 0 Å². The molecule has 2 atom stereocenters. The summed E-state index contributed by atoms with van der Waals surface area (Å²) >= 11 is 1.38. The number of carbonyl (C=O) groups is 1. The van der Waals surface area contributed by atoms with Crippen molar-refractivity contribution in [2.45, 2.75) is 31.6 Å². The minimum absolute atomic E-state index is 0.0700. The van der Waals surface area contributed by atoms with E-state index in [2.05, 4.69) is 11.1 Å². The Balaban J connectivity index is 1.64. The first kappa shape index (κ1) is 22.7. The fourth-order valence-corrected chi connectivity index (χ4v) is 8.20. The molecule has 2 aliphatic rings. The maximum atomic E-state index is 12.9. The second-order valence-electron chi connectivity index (χ2n) is 8.17. The molecule has 32 heavy (non-hydrogen) atoms. The van der Waals surface area contributed by atoms with E-state index in [9.17, 15) is 13.2 Å². The molecule has 2 aromatic carbocycles. The smallest absolute Gasteiger partial charge is 0.252 e. The Morgan fingerprint density at radius 2 is 1.75 bits per heavy atom. The van der Waals surface area contributed by atoms with Crippen molar-refractivity contribution in [3.63, 3.8) is 0 Å². The molecule has 0 saturated carbocycles. The summed E-state index contributed by atoms with van der Waals surface area (Å²) in [6.45, 7) is 4.00. The first-order valence-electron chi connectivity index (χ1n) is 10.3. The van der Waals surface area contributed by atoms with E-state index in [0.29, 0.717) is 16.7 Å². The molecule has 0 N–H and O–H groups in total. The van der Waals surface area contributed by atoms with E-state index < -0.39 is 9.84 Å². The Hall–Kier alpha value is -2.52. The fourth-order valence-electron chi connectivity index (χ4n) is 4.27. The van der Waals surface area contributed by atoms with Gasteiger partial charge >= 0.3 is 0 Å². The van der Waals surface area contributed by atoms with Crippen LogP contribution in [0.15, 0.2) is 41.4 Å². The lowest BCUT2D eigenvalue weighted by Gasteiger charge is -2.25. The second-order valence-corrected chi connectivity index (χ2v) is 11.5. The average molecular weight is 475 g/mol. The molecule has 9 heteroatoms. The number of hydrogen-bond donors (Lipinski definition) is 0. The quantitative estimate of drug-likeness (QED) is 0.658. The van der Waals surface area contributed by atoms with Crippen molar-refractivity contribution in [2.24, 2.45) is 4.99 Å². The Bertz CT molecular complexity index is 1170. The highest BCUT2D eigenvalue weighted by Gasteiger charge is 2.49. The van der Waals surface area contributed by atoms with Gasteiger partial charge in [0.15, 0.2) is 26.5 Å². The van der Waals surface area contributed by atoms with Crippen LogP contribution in [0.1, 0.15) is 16.7 Å². The van der Waals surface area contributed by atoms with Gasteiger partial charge in [-0.1, -0.05) is 23.9 Å². The zero-order valence-corrected chi connectivity index (χ0v) is 20.1. The number of rotatable bonds is 5. The number of fused-ring (bicyclic) bond motifs is 1. The van der Waals surface area contributed by atoms with Crippen LogP contribution in [0.5, 0.6) is 11.5 Å². The molecule has 1 amide bonds. The maximum Gasteiger partial charge on any atom is 0.252 e. The van der Waals surface area contributed by atoms with Crippen molar-refractivity contribution in [1.29, 1.82) is 0 Å². The largest absolute Gasteiger partial charge is 0.493 e. The number of amides is 1. The molecule has 0 spiro atoms. The predicted octanol–water partition coefficient (Wildman–Crippen LogP) is 3.16. The first-order chi connectivity index (χ1) is 15.2. The summed E-state index contributed by atoms with van der Waals surface area (Å²) in [6.07, 6.45) is 0.110. The van der Waals surface area contributed by atoms with Gasteiger partial charge in [0.2, 0.25) is 0 Å². The van der Waals surface area contributed by atoms with Crippen molar-refractivity contribution in [3.05, 3.63) is 53.1 Å². The lowest BCUT2D eigenvalue weighted by atomic mass is 10.1. The van der Waals surface area contributed by atoms with Gasteiger partial charge in [0, 0.05) is 10.9 Å². The van der Waals surface area contributed by atoms with Gasteiger partial charge in [-0.15, -0.1) is 0 Å². The SMILES string of the molecule is COc1ccc(CC(=O)N=C2S[C@@H]3CS(=O)(=O)C[C@H]3N2c2cc(C)cc(C)c2)cc1OC. The molecule has 4 rings (SSSR count). The van der Waals surface area contributed by atoms with E-state index >= 15 is 0 Å². The lowest BCUT2D eigenvalue weighted by molar-refractivity contribution is -0.117. The molecule has 0 aliphatic carbocycles. The second kappa shape index (κ2) is 8.78. The normalized spacial score (nSPS) is 22.8. The highest BCUT2D eigenvalue weighted by Crippen LogP contribution is 2.41. The Morgan fingerprint density at radius 1 is 1.06 bits per heavy atom. The third kappa shape index (κ3) is 4.63. The number of sulfone groups is 1. The van der Waals surface area contributed by atoms with Crippen LogP contribution in [0, 0.1) is 13.8 Å². The summed E-state index contributed by atoms with van der Waals surface area (Å²) in [5.41, 5.74) is 3.79. The monoisotopic (exact) mass is 474 g/mol. The first-order valence-corrected chi connectivity index (χ1v) is 13.0. The number of anilines is 1. The average Bonchev–Trinajstić information content (AvgIpc) is 3.17. The summed E-state index contributed by atoms with van der Waals surface area (Å²) in [7, 11) is -0.000496. The minimum Gasteiger partial charge on any atom is -0.493 e. The van der Waals surface area contributed by atoms with Gasteiger partial charge in [-0.3, -0.25) is 4.79 Å². The highest BCUT2D eigenvalue weighted by molar-refractivity contribution is 8.16. The maximum absolute atomic E-state index is 12.9. The van der Waals surface area contributed by atoms with E-state index in [-0.39, 0.29) is 35.1 Å². The van der Waals surface area contributed by atoms with E-state index in [0.717, 1.165) is 22.4 Å². The number of thioether (sulfide) groups is 1. The number of amidine groups is 1. The number of nitrogens with zero attached hydrogens (tertiary/aromatic N) is 2. The molecule has 170 valence electrons. The summed E-state index contributed by atoms with van der Waals surface area (Å²) in [5, 5.41) is 0.429. The molecule has 0 unspecified atom stereocenters. The fraction of sp³-hybridized carbons (Fsp3) is 0.391. The molecular formula is C23H26N2O5S2. The van der Waals surface area contributed by atoms with Gasteiger partial charge in [-0.2, -0.15) is 4.99 Å². The van der Waals surface area contributed by atoms with Crippen LogP contribution in [0.4, 0.5) is 5.69 Å². The molecule has 2 aliphatic heterocycles. The van der Waals surface area contributed by atoms with Crippen molar-refractivity contribution >= 4 is 38.4 Å². The molecule has 0 aromatic heterocycles. The van der Waals surface area contributed by atoms with Gasteiger partial charge in [0.1, 0.15) is 0 Å². The Morgan fingerprint density at radius 3 is 2.41 bits per heavy atom. The number of benzene rings is 2. The summed E-state index contributed by atoms with van der Waals surface area (Å²) in [5.74, 6) is 1.03. The van der Waals surface area contributed by atoms with E-state index in [1.807, 2.05) is 36.9 Å². The van der Waals surface area contributed by atoms with Crippen molar-refractivity contribution in [2.75, 3.05) is 30.6 Å². The van der Waals surface area contributed by atoms with E-state index in [1.165, 1.54) is 11.8 Å². The Kier molecular flexibility index (Phi) is 6.22. The zero-order chi connectivity index (χ0) is 23.0. The number of aryl methyl sites for hydroxylation is 2. The minimum atomic E-state index is -3.11. The molecule has 0 radical (unpaired) electrons. The van der Waals surface area contributed by atoms with Gasteiger partial charge in [0.05, 0.1) is 38.2 Å². The van der Waals surface area contributed by atoms with Crippen LogP contribution >= 0.6 is 11.8 Å². The molecule has 2 aromatic rings. The van der Waals surface area contributed by atoms with Crippen molar-refractivity contribution in [3.8, 4) is 11.5 Å². The third-order valence-corrected chi connectivity index (χ3v) is 8.78. The number of methoxy groups -OCH3 is 2. The highest BCUT2D eigenvalue weighted by atomic mass is 32.2. The molecule has 7 nitrogen and oxygen atoms in total. The van der Waals surface area contributed by atoms with Gasteiger partial charge < -0.3 is 14.4 Å². The van der Waals surface area contributed by atoms with Crippen LogP contribution in [0.25, 0.3) is 0 Å². The Labute approximate surface area is 192 Å². The standard InChI is InChI=1S/C23H26N2O5S2/c1-14-7-15(2)9-17(8-14)25-18-12-32(27,28)13-21(18)31-23(25)24-22(26)11-16-5-6-19(29-3)20(10-16)30-4/h5-10,18,21H,11-13H2,1-4H3/t18-,21-/m1/s1. The summed E-state index contributed by atoms with van der Waals surface area (Å²) < 4.78 is 35.1. The summed E-state index contributed by atoms with van der Waals surface area (Å²) in [4.78, 5) is 19.2. The topological polar surface area (TPSA) is 85.3 Å². The molecule has 0 bridgehead atoms. The molecule has 2 fully saturated rings. The summed E-state index contributed by atoms with van der Waals surface area (Å²) in [6, 6.07) is 11.2. The molecular weight excluding hydrogens is 448 g/mol. The van der Waals surface area contributed by atoms with E-state index in [4.69, 9.17) is 9.47 Å². The number of hydrogen-bond acceptors (Lipinski definition) is 6. The van der Waals surface area contributed by atoms with Crippen LogP contribution in [-0.2, 0) is 21.1 Å².